The van der Waals surface area contributed by atoms with Crippen molar-refractivity contribution in [2.45, 2.75) is 38.8 Å². The van der Waals surface area contributed by atoms with E-state index in [1.54, 1.807) is 33.0 Å². The number of rotatable bonds is 4. The first-order valence-corrected chi connectivity index (χ1v) is 7.70. The lowest BCUT2D eigenvalue weighted by Crippen LogP contribution is -2.44. The summed E-state index contributed by atoms with van der Waals surface area (Å²) < 4.78 is 6.29. The topological polar surface area (TPSA) is 88.5 Å². The van der Waals surface area contributed by atoms with Gasteiger partial charge in [-0.15, -0.1) is 0 Å². The Hall–Kier alpha value is -1.15. The molecule has 0 saturated heterocycles. The van der Waals surface area contributed by atoms with Crippen molar-refractivity contribution >= 4 is 43.9 Å². The lowest BCUT2D eigenvalue weighted by Gasteiger charge is -2.22. The minimum atomic E-state index is -1.14. The predicted molar refractivity (Wildman–Crippen MR) is 84.1 cm³/mol. The molecule has 0 bridgehead atoms. The summed E-state index contributed by atoms with van der Waals surface area (Å²) in [5.74, 6) is -1.14. The van der Waals surface area contributed by atoms with Crippen molar-refractivity contribution in [1.29, 1.82) is 0 Å². The molecule has 0 fully saturated rings. The number of alkyl carbamates (subject to hydrolysis) is 1. The number of ether oxygens (including phenoxy) is 1. The molecule has 1 unspecified atom stereocenters. The second-order valence-corrected chi connectivity index (χ2v) is 6.86. The number of halogens is 2. The average molecular weight is 424 g/mol. The van der Waals surface area contributed by atoms with Gasteiger partial charge in [-0.25, -0.2) is 14.6 Å². The second-order valence-electron chi connectivity index (χ2n) is 5.32. The van der Waals surface area contributed by atoms with Gasteiger partial charge in [0.25, 0.3) is 0 Å². The van der Waals surface area contributed by atoms with E-state index in [0.717, 1.165) is 0 Å². The maximum atomic E-state index is 11.7. The van der Waals surface area contributed by atoms with Crippen molar-refractivity contribution in [3.8, 4) is 0 Å². The van der Waals surface area contributed by atoms with E-state index in [0.29, 0.717) is 14.6 Å². The van der Waals surface area contributed by atoms with Gasteiger partial charge < -0.3 is 15.2 Å². The molecule has 0 radical (unpaired) electrons. The molecule has 0 saturated carbocycles. The highest BCUT2D eigenvalue weighted by molar-refractivity contribution is 9.13. The normalized spacial score (nSPS) is 12.6. The number of aliphatic carboxylic acids is 1. The number of pyridine rings is 1. The zero-order valence-electron chi connectivity index (χ0n) is 11.8. The van der Waals surface area contributed by atoms with Crippen LogP contribution in [0.1, 0.15) is 26.3 Å². The Morgan fingerprint density at radius 2 is 2.05 bits per heavy atom. The number of carboxylic acid groups (broad SMARTS) is 1. The van der Waals surface area contributed by atoms with Crippen LogP contribution in [0.4, 0.5) is 4.79 Å². The Balaban J connectivity index is 2.82. The predicted octanol–water partition coefficient (Wildman–Crippen LogP) is 3.13. The van der Waals surface area contributed by atoms with Crippen molar-refractivity contribution in [1.82, 2.24) is 10.3 Å². The minimum Gasteiger partial charge on any atom is -0.480 e. The third-order valence-electron chi connectivity index (χ3n) is 2.34. The average Bonchev–Trinajstić information content (AvgIpc) is 2.31. The van der Waals surface area contributed by atoms with Gasteiger partial charge in [0.05, 0.1) is 4.47 Å². The molecule has 0 aliphatic rings. The smallest absolute Gasteiger partial charge is 0.408 e. The zero-order valence-corrected chi connectivity index (χ0v) is 15.0. The molecule has 0 aliphatic carbocycles. The first kappa shape index (κ1) is 17.9. The fourth-order valence-electron chi connectivity index (χ4n) is 1.48. The van der Waals surface area contributed by atoms with Gasteiger partial charge in [0.1, 0.15) is 16.2 Å². The van der Waals surface area contributed by atoms with E-state index in [4.69, 9.17) is 4.74 Å². The molecule has 0 aromatic carbocycles. The van der Waals surface area contributed by atoms with Crippen molar-refractivity contribution in [2.75, 3.05) is 0 Å². The van der Waals surface area contributed by atoms with Gasteiger partial charge in [0.2, 0.25) is 0 Å². The highest BCUT2D eigenvalue weighted by Crippen LogP contribution is 2.25. The number of nitrogens with zero attached hydrogens (tertiary/aromatic N) is 1. The fourth-order valence-corrected chi connectivity index (χ4v) is 2.25. The van der Waals surface area contributed by atoms with Crippen molar-refractivity contribution in [2.24, 2.45) is 0 Å². The Kier molecular flexibility index (Phi) is 6.15. The van der Waals surface area contributed by atoms with Gasteiger partial charge >= 0.3 is 12.1 Å². The van der Waals surface area contributed by atoms with Crippen LogP contribution < -0.4 is 5.32 Å². The first-order valence-electron chi connectivity index (χ1n) is 6.11. The Labute approximate surface area is 139 Å². The number of carbonyl (C=O) groups excluding carboxylic acids is 1. The Morgan fingerprint density at radius 1 is 1.43 bits per heavy atom. The molecule has 0 aliphatic heterocycles. The molecule has 116 valence electrons. The van der Waals surface area contributed by atoms with Crippen molar-refractivity contribution in [3.63, 3.8) is 0 Å². The molecular formula is C13H16Br2N2O4. The fraction of sp³-hybridized carbons (Fsp3) is 0.462. The Morgan fingerprint density at radius 3 is 2.57 bits per heavy atom. The molecule has 1 heterocycles. The van der Waals surface area contributed by atoms with Crippen LogP contribution in [-0.4, -0.2) is 33.8 Å². The monoisotopic (exact) mass is 422 g/mol. The van der Waals surface area contributed by atoms with Crippen LogP contribution in [0.3, 0.4) is 0 Å². The largest absolute Gasteiger partial charge is 0.480 e. The number of hydrogen-bond donors (Lipinski definition) is 2. The number of hydrogen-bond acceptors (Lipinski definition) is 4. The summed E-state index contributed by atoms with van der Waals surface area (Å²) >= 11 is 6.57. The lowest BCUT2D eigenvalue weighted by atomic mass is 10.1. The van der Waals surface area contributed by atoms with Gasteiger partial charge in [-0.2, -0.15) is 0 Å². The van der Waals surface area contributed by atoms with E-state index < -0.39 is 23.7 Å². The number of amides is 1. The van der Waals surface area contributed by atoms with Crippen molar-refractivity contribution < 1.29 is 19.4 Å². The van der Waals surface area contributed by atoms with Gasteiger partial charge in [-0.05, 0) is 64.3 Å². The van der Waals surface area contributed by atoms with E-state index >= 15 is 0 Å². The van der Waals surface area contributed by atoms with E-state index in [2.05, 4.69) is 42.2 Å². The van der Waals surface area contributed by atoms with Crippen LogP contribution >= 0.6 is 31.9 Å². The highest BCUT2D eigenvalue weighted by Gasteiger charge is 2.25. The van der Waals surface area contributed by atoms with Gasteiger partial charge in [-0.3, -0.25) is 0 Å². The zero-order chi connectivity index (χ0) is 16.2. The molecule has 1 atom stereocenters. The third kappa shape index (κ3) is 6.01. The summed E-state index contributed by atoms with van der Waals surface area (Å²) in [5.41, 5.74) is 0.0216. The molecule has 21 heavy (non-hydrogen) atoms. The summed E-state index contributed by atoms with van der Waals surface area (Å²) in [6.07, 6.45) is 0.895. The van der Waals surface area contributed by atoms with Crippen LogP contribution in [0.25, 0.3) is 0 Å². The molecule has 8 heteroatoms. The summed E-state index contributed by atoms with van der Waals surface area (Å²) in [7, 11) is 0. The maximum Gasteiger partial charge on any atom is 0.408 e. The Bertz CT molecular complexity index is 543. The molecule has 1 amide bonds. The number of carbonyl (C=O) groups is 2. The van der Waals surface area contributed by atoms with Gasteiger partial charge in [-0.1, -0.05) is 0 Å². The second kappa shape index (κ2) is 7.22. The van der Waals surface area contributed by atoms with Crippen LogP contribution in [0, 0.1) is 0 Å². The van der Waals surface area contributed by atoms with Crippen LogP contribution in [0.15, 0.2) is 21.3 Å². The van der Waals surface area contributed by atoms with E-state index in [1.165, 1.54) is 0 Å². The molecule has 6 nitrogen and oxygen atoms in total. The summed E-state index contributed by atoms with van der Waals surface area (Å²) in [4.78, 5) is 27.0. The molecule has 1 aromatic heterocycles. The van der Waals surface area contributed by atoms with Gasteiger partial charge in [0.15, 0.2) is 0 Å². The SMILES string of the molecule is CC(C)(C)OC(=O)NC(Cc1ccnc(Br)c1Br)C(=O)O. The minimum absolute atomic E-state index is 0.107. The molecule has 1 aromatic rings. The summed E-state index contributed by atoms with van der Waals surface area (Å²) in [6, 6.07) is 0.590. The maximum absolute atomic E-state index is 11.7. The van der Waals surface area contributed by atoms with Crippen LogP contribution in [0.5, 0.6) is 0 Å². The number of aromatic nitrogens is 1. The van der Waals surface area contributed by atoms with E-state index in [1.807, 2.05) is 0 Å². The molecule has 0 spiro atoms. The van der Waals surface area contributed by atoms with Crippen LogP contribution in [0.2, 0.25) is 0 Å². The number of nitrogens with one attached hydrogen (secondary N) is 1. The van der Waals surface area contributed by atoms with Gasteiger partial charge in [0, 0.05) is 12.6 Å². The summed E-state index contributed by atoms with van der Waals surface area (Å²) in [6.45, 7) is 5.12. The molecule has 1 rings (SSSR count). The van der Waals surface area contributed by atoms with Crippen molar-refractivity contribution in [3.05, 3.63) is 26.9 Å². The highest BCUT2D eigenvalue weighted by atomic mass is 79.9. The first-order chi connectivity index (χ1) is 9.60. The standard InChI is InChI=1S/C13H16Br2N2O4/c1-13(2,3)21-12(20)17-8(11(18)19)6-7-4-5-16-10(15)9(7)14/h4-5,8H,6H2,1-3H3,(H,17,20)(H,18,19). The third-order valence-corrected chi connectivity index (χ3v) is 4.36. The lowest BCUT2D eigenvalue weighted by molar-refractivity contribution is -0.139. The molecular weight excluding hydrogens is 408 g/mol. The van der Waals surface area contributed by atoms with E-state index in [9.17, 15) is 14.7 Å². The molecule has 2 N–H and O–H groups in total. The quantitative estimate of drug-likeness (QED) is 0.726. The number of carboxylic acids is 1. The van der Waals surface area contributed by atoms with E-state index in [-0.39, 0.29) is 6.42 Å². The summed E-state index contributed by atoms with van der Waals surface area (Å²) in [5, 5.41) is 11.6. The van der Waals surface area contributed by atoms with Crippen LogP contribution in [-0.2, 0) is 16.0 Å².